The van der Waals surface area contributed by atoms with Crippen molar-refractivity contribution in [2.45, 2.75) is 37.9 Å². The minimum absolute atomic E-state index is 0.00455. The lowest BCUT2D eigenvalue weighted by atomic mass is 9.95. The Morgan fingerprint density at radius 2 is 1.77 bits per heavy atom. The van der Waals surface area contributed by atoms with Crippen molar-refractivity contribution in [3.8, 4) is 5.82 Å². The molecule has 4 rings (SSSR count). The number of hydrogen-bond acceptors (Lipinski definition) is 6. The number of aromatic nitrogens is 6. The fourth-order valence-electron chi connectivity index (χ4n) is 4.00. The molecular weight excluding hydrogens is 726 g/mol. The molecule has 0 aliphatic heterocycles. The number of carbonyl (C=O) groups is 2. The van der Waals surface area contributed by atoms with Crippen LogP contribution in [0.2, 0.25) is 5.02 Å². The summed E-state index contributed by atoms with van der Waals surface area (Å²) in [6, 6.07) is 7.55. The molecule has 1 amide bonds. The lowest BCUT2D eigenvalue weighted by molar-refractivity contribution is -0.360. The van der Waals surface area contributed by atoms with Crippen LogP contribution >= 0.6 is 34.2 Å². The monoisotopic (exact) mass is 743 g/mol. The molecular formula is C25H18ClF7IN7O2. The number of nitrogens with one attached hydrogen (secondary N) is 1. The average Bonchev–Trinajstić information content (AvgIpc) is 3.57. The summed E-state index contributed by atoms with van der Waals surface area (Å²) in [4.78, 5) is 30.7. The quantitative estimate of drug-likeness (QED) is 0.137. The summed E-state index contributed by atoms with van der Waals surface area (Å²) in [5, 5.41) is 13.3. The molecule has 0 unspecified atom stereocenters. The van der Waals surface area contributed by atoms with Crippen LogP contribution in [0.3, 0.4) is 0 Å². The van der Waals surface area contributed by atoms with E-state index in [0.717, 1.165) is 8.25 Å². The third-order valence-electron chi connectivity index (χ3n) is 6.14. The Morgan fingerprint density at radius 3 is 2.40 bits per heavy atom. The molecule has 3 heterocycles. The molecule has 0 radical (unpaired) electrons. The van der Waals surface area contributed by atoms with Crippen LogP contribution in [-0.2, 0) is 18.9 Å². The van der Waals surface area contributed by atoms with Crippen LogP contribution in [0.25, 0.3) is 5.82 Å². The van der Waals surface area contributed by atoms with Crippen molar-refractivity contribution in [3.05, 3.63) is 85.1 Å². The van der Waals surface area contributed by atoms with Crippen LogP contribution in [0, 0.1) is 10.5 Å². The number of benzene rings is 1. The molecule has 228 valence electrons. The van der Waals surface area contributed by atoms with Crippen LogP contribution in [-0.4, -0.2) is 60.6 Å². The van der Waals surface area contributed by atoms with Crippen molar-refractivity contribution in [1.82, 2.24) is 35.1 Å². The molecule has 18 heteroatoms. The predicted octanol–water partition coefficient (Wildman–Crippen LogP) is 5.55. The second kappa shape index (κ2) is 11.8. The van der Waals surface area contributed by atoms with Crippen molar-refractivity contribution in [1.29, 1.82) is 0 Å². The Morgan fingerprint density at radius 1 is 1.07 bits per heavy atom. The van der Waals surface area contributed by atoms with Gasteiger partial charge in [0.25, 0.3) is 5.91 Å². The molecule has 0 aliphatic carbocycles. The Kier molecular flexibility index (Phi) is 8.88. The average molecular weight is 744 g/mol. The summed E-state index contributed by atoms with van der Waals surface area (Å²) in [5.74, 6) is -13.1. The summed E-state index contributed by atoms with van der Waals surface area (Å²) in [6.07, 6.45) is -5.40. The SMILES string of the molecule is CNC(=O)c1cc(I)cc(C)c1CC(=O)c1cc(Cn2ncc(C(F)(F)C(F)(F)C(F)(F)F)n2)nn1-c1ncccc1Cl. The topological polar surface area (TPSA) is 108 Å². The smallest absolute Gasteiger partial charge is 0.355 e. The fourth-order valence-corrected chi connectivity index (χ4v) is 4.98. The van der Waals surface area contributed by atoms with E-state index in [1.807, 2.05) is 22.6 Å². The van der Waals surface area contributed by atoms with E-state index >= 15 is 0 Å². The van der Waals surface area contributed by atoms with E-state index in [0.29, 0.717) is 15.9 Å². The van der Waals surface area contributed by atoms with Crippen molar-refractivity contribution < 1.29 is 40.3 Å². The highest BCUT2D eigenvalue weighted by atomic mass is 127. The maximum atomic E-state index is 14.1. The number of halogens is 9. The molecule has 0 bridgehead atoms. The molecule has 0 saturated heterocycles. The van der Waals surface area contributed by atoms with Gasteiger partial charge in [-0.25, -0.2) is 9.67 Å². The number of alkyl halides is 7. The third kappa shape index (κ3) is 6.22. The van der Waals surface area contributed by atoms with Gasteiger partial charge in [-0.15, -0.1) is 0 Å². The molecule has 9 nitrogen and oxygen atoms in total. The van der Waals surface area contributed by atoms with E-state index < -0.39 is 42.0 Å². The largest absolute Gasteiger partial charge is 0.460 e. The highest BCUT2D eigenvalue weighted by Crippen LogP contribution is 2.51. The van der Waals surface area contributed by atoms with Crippen molar-refractivity contribution in [2.75, 3.05) is 7.05 Å². The molecule has 0 fully saturated rings. The number of pyridine rings is 1. The maximum absolute atomic E-state index is 14.1. The second-order valence-electron chi connectivity index (χ2n) is 9.08. The second-order valence-corrected chi connectivity index (χ2v) is 10.7. The van der Waals surface area contributed by atoms with E-state index in [9.17, 15) is 40.3 Å². The first-order chi connectivity index (χ1) is 20.0. The lowest BCUT2D eigenvalue weighted by Crippen LogP contribution is -2.50. The van der Waals surface area contributed by atoms with Gasteiger partial charge in [-0.1, -0.05) is 11.6 Å². The van der Waals surface area contributed by atoms with E-state index in [1.54, 1.807) is 19.1 Å². The Balaban J connectivity index is 1.73. The van der Waals surface area contributed by atoms with Crippen molar-refractivity contribution >= 4 is 45.9 Å². The summed E-state index contributed by atoms with van der Waals surface area (Å²) in [5.41, 5.74) is -0.800. The number of carbonyl (C=O) groups excluding carboxylic acids is 2. The Labute approximate surface area is 256 Å². The molecule has 0 atom stereocenters. The van der Waals surface area contributed by atoms with Gasteiger partial charge < -0.3 is 5.32 Å². The van der Waals surface area contributed by atoms with Gasteiger partial charge in [0, 0.05) is 28.8 Å². The van der Waals surface area contributed by atoms with Gasteiger partial charge in [0.15, 0.2) is 17.3 Å². The molecule has 1 N–H and O–H groups in total. The highest BCUT2D eigenvalue weighted by Gasteiger charge is 2.74. The number of aryl methyl sites for hydroxylation is 1. The number of rotatable bonds is 9. The first-order valence-corrected chi connectivity index (χ1v) is 13.4. The van der Waals surface area contributed by atoms with Gasteiger partial charge in [0.05, 0.1) is 16.9 Å². The first kappa shape index (κ1) is 32.3. The van der Waals surface area contributed by atoms with Crippen LogP contribution in [0.1, 0.15) is 43.4 Å². The molecule has 0 saturated carbocycles. The van der Waals surface area contributed by atoms with Gasteiger partial charge in [0.2, 0.25) is 0 Å². The Bertz CT molecular complexity index is 1710. The molecule has 1 aromatic carbocycles. The van der Waals surface area contributed by atoms with Gasteiger partial charge >= 0.3 is 18.0 Å². The van der Waals surface area contributed by atoms with Crippen molar-refractivity contribution in [2.24, 2.45) is 0 Å². The van der Waals surface area contributed by atoms with Crippen LogP contribution in [0.5, 0.6) is 0 Å². The predicted molar refractivity (Wildman–Crippen MR) is 146 cm³/mol. The third-order valence-corrected chi connectivity index (χ3v) is 7.06. The molecule has 3 aromatic heterocycles. The van der Waals surface area contributed by atoms with Crippen LogP contribution in [0.15, 0.2) is 42.7 Å². The van der Waals surface area contributed by atoms with Gasteiger partial charge in [-0.05, 0) is 71.0 Å². The number of nitrogens with zero attached hydrogens (tertiary/aromatic N) is 6. The molecule has 0 aliphatic rings. The highest BCUT2D eigenvalue weighted by molar-refractivity contribution is 14.1. The number of amides is 1. The minimum atomic E-state index is -6.55. The van der Waals surface area contributed by atoms with Gasteiger partial charge in [-0.2, -0.15) is 50.8 Å². The maximum Gasteiger partial charge on any atom is 0.460 e. The van der Waals surface area contributed by atoms with E-state index in [-0.39, 0.29) is 40.4 Å². The zero-order chi connectivity index (χ0) is 31.9. The minimum Gasteiger partial charge on any atom is -0.355 e. The summed E-state index contributed by atoms with van der Waals surface area (Å²) >= 11 is 8.29. The van der Waals surface area contributed by atoms with Gasteiger partial charge in [-0.3, -0.25) is 9.59 Å². The van der Waals surface area contributed by atoms with E-state index in [1.165, 1.54) is 31.4 Å². The zero-order valence-electron chi connectivity index (χ0n) is 21.9. The standard InChI is InChI=1S/C25H18ClF7IN7O2/c1-12-6-13(34)7-16(22(43)35-2)15(12)9-19(42)18-8-14(38-41(18)21-17(26)4-3-5-36-21)11-40-37-10-20(39-40)23(27,28)24(29,30)25(31,32)33/h3-8,10H,9,11H2,1-2H3,(H,35,43). The first-order valence-electron chi connectivity index (χ1n) is 11.9. The Hall–Kier alpha value is -3.61. The summed E-state index contributed by atoms with van der Waals surface area (Å²) < 4.78 is 94.8. The van der Waals surface area contributed by atoms with E-state index in [2.05, 4.69) is 25.6 Å². The zero-order valence-corrected chi connectivity index (χ0v) is 24.8. The number of ketones is 1. The molecule has 43 heavy (non-hydrogen) atoms. The fraction of sp³-hybridized carbons (Fsp3) is 0.280. The normalized spacial score (nSPS) is 12.4. The lowest BCUT2D eigenvalue weighted by Gasteiger charge is -2.26. The van der Waals surface area contributed by atoms with Crippen LogP contribution < -0.4 is 5.32 Å². The van der Waals surface area contributed by atoms with Gasteiger partial charge in [0.1, 0.15) is 12.2 Å². The van der Waals surface area contributed by atoms with Crippen molar-refractivity contribution in [3.63, 3.8) is 0 Å². The number of Topliss-reactive ketones (excluding diaryl/α,β-unsaturated/α-hetero) is 1. The molecule has 4 aromatic rings. The molecule has 0 spiro atoms. The van der Waals surface area contributed by atoms with E-state index in [4.69, 9.17) is 11.6 Å². The summed E-state index contributed by atoms with van der Waals surface area (Å²) in [7, 11) is 1.43. The number of hydrogen-bond donors (Lipinski definition) is 1. The van der Waals surface area contributed by atoms with Crippen LogP contribution in [0.4, 0.5) is 30.7 Å². The summed E-state index contributed by atoms with van der Waals surface area (Å²) in [6.45, 7) is 1.10.